The molecule has 0 aromatic carbocycles. The zero-order valence-electron chi connectivity index (χ0n) is 9.81. The molecule has 1 amide bonds. The summed E-state index contributed by atoms with van der Waals surface area (Å²) in [5.74, 6) is 0.174. The second kappa shape index (κ2) is 5.28. The molecule has 0 saturated carbocycles. The Hall–Kier alpha value is -0.870. The maximum absolute atomic E-state index is 11.9. The van der Waals surface area contributed by atoms with Crippen LogP contribution in [0.25, 0.3) is 0 Å². The summed E-state index contributed by atoms with van der Waals surface area (Å²) in [6, 6.07) is 0.0567. The van der Waals surface area contributed by atoms with Crippen molar-refractivity contribution in [2.75, 3.05) is 34.2 Å². The highest BCUT2D eigenvalue weighted by molar-refractivity contribution is 5.81. The van der Waals surface area contributed by atoms with Crippen LogP contribution in [0.3, 0.4) is 0 Å². The van der Waals surface area contributed by atoms with Crippen molar-refractivity contribution in [3.8, 4) is 0 Å². The largest absolute Gasteiger partial charge is 0.344 e. The molecule has 0 radical (unpaired) electrons. The van der Waals surface area contributed by atoms with Crippen LogP contribution in [0.5, 0.6) is 0 Å². The van der Waals surface area contributed by atoms with Crippen LogP contribution in [0.15, 0.2) is 12.2 Å². The van der Waals surface area contributed by atoms with Gasteiger partial charge in [0.25, 0.3) is 0 Å². The number of rotatable bonds is 4. The van der Waals surface area contributed by atoms with Crippen LogP contribution in [-0.4, -0.2) is 56.0 Å². The fraction of sp³-hybridized carbons (Fsp3) is 0.727. The van der Waals surface area contributed by atoms with Crippen molar-refractivity contribution in [2.24, 2.45) is 11.7 Å². The Morgan fingerprint density at radius 1 is 1.33 bits per heavy atom. The molecular formula is C11H21N3O. The number of carbonyl (C=O) groups excluding carboxylic acids is 1. The third kappa shape index (κ3) is 3.64. The minimum atomic E-state index is -0.00726. The Bertz CT molecular complexity index is 250. The molecule has 15 heavy (non-hydrogen) atoms. The van der Waals surface area contributed by atoms with E-state index in [4.69, 9.17) is 5.73 Å². The summed E-state index contributed by atoms with van der Waals surface area (Å²) in [6.45, 7) is 1.66. The van der Waals surface area contributed by atoms with Crippen molar-refractivity contribution >= 4 is 5.91 Å². The number of hydrogen-bond donors (Lipinski definition) is 1. The molecule has 0 aromatic rings. The predicted molar refractivity (Wildman–Crippen MR) is 61.4 cm³/mol. The van der Waals surface area contributed by atoms with Gasteiger partial charge in [0, 0.05) is 26.2 Å². The van der Waals surface area contributed by atoms with E-state index in [-0.39, 0.29) is 17.9 Å². The molecule has 0 aliphatic heterocycles. The van der Waals surface area contributed by atoms with Crippen LogP contribution < -0.4 is 5.73 Å². The highest BCUT2D eigenvalue weighted by atomic mass is 16.2. The smallest absolute Gasteiger partial charge is 0.229 e. The van der Waals surface area contributed by atoms with Gasteiger partial charge in [0.15, 0.2) is 0 Å². The Balaban J connectivity index is 2.36. The van der Waals surface area contributed by atoms with Gasteiger partial charge in [-0.1, -0.05) is 12.2 Å². The Kier molecular flexibility index (Phi) is 4.29. The molecule has 86 valence electrons. The highest BCUT2D eigenvalue weighted by Gasteiger charge is 2.24. The predicted octanol–water partition coefficient (Wildman–Crippen LogP) is -0.0902. The normalized spacial score (nSPS) is 24.9. The van der Waals surface area contributed by atoms with Crippen LogP contribution in [0.4, 0.5) is 0 Å². The molecule has 0 heterocycles. The SMILES string of the molecule is CN(C)CCN(C)C(=O)C1C=CC(N)C1. The lowest BCUT2D eigenvalue weighted by Crippen LogP contribution is -2.37. The zero-order valence-corrected chi connectivity index (χ0v) is 9.81. The average molecular weight is 211 g/mol. The quantitative estimate of drug-likeness (QED) is 0.661. The minimum Gasteiger partial charge on any atom is -0.344 e. The number of carbonyl (C=O) groups is 1. The van der Waals surface area contributed by atoms with Crippen LogP contribution in [0.1, 0.15) is 6.42 Å². The summed E-state index contributed by atoms with van der Waals surface area (Å²) >= 11 is 0. The zero-order chi connectivity index (χ0) is 11.4. The van der Waals surface area contributed by atoms with Crippen molar-refractivity contribution in [2.45, 2.75) is 12.5 Å². The second-order valence-corrected chi connectivity index (χ2v) is 4.45. The van der Waals surface area contributed by atoms with Crippen LogP contribution in [0.2, 0.25) is 0 Å². The number of nitrogens with two attached hydrogens (primary N) is 1. The first-order valence-electron chi connectivity index (χ1n) is 5.34. The van der Waals surface area contributed by atoms with E-state index in [1.54, 1.807) is 4.90 Å². The van der Waals surface area contributed by atoms with Gasteiger partial charge in [-0.3, -0.25) is 4.79 Å². The molecule has 2 N–H and O–H groups in total. The van der Waals surface area contributed by atoms with Crippen LogP contribution >= 0.6 is 0 Å². The van der Waals surface area contributed by atoms with Crippen molar-refractivity contribution in [1.29, 1.82) is 0 Å². The monoisotopic (exact) mass is 211 g/mol. The van der Waals surface area contributed by atoms with E-state index >= 15 is 0 Å². The molecule has 1 aliphatic carbocycles. The topological polar surface area (TPSA) is 49.6 Å². The molecule has 2 unspecified atom stereocenters. The molecule has 2 atom stereocenters. The first-order valence-corrected chi connectivity index (χ1v) is 5.34. The maximum Gasteiger partial charge on any atom is 0.229 e. The maximum atomic E-state index is 11.9. The summed E-state index contributed by atoms with van der Waals surface area (Å²) in [7, 11) is 5.86. The van der Waals surface area contributed by atoms with E-state index in [0.717, 1.165) is 19.5 Å². The van der Waals surface area contributed by atoms with E-state index in [1.165, 1.54) is 0 Å². The van der Waals surface area contributed by atoms with E-state index < -0.39 is 0 Å². The third-order valence-corrected chi connectivity index (χ3v) is 2.69. The number of amides is 1. The van der Waals surface area contributed by atoms with E-state index in [2.05, 4.69) is 4.90 Å². The van der Waals surface area contributed by atoms with Gasteiger partial charge >= 0.3 is 0 Å². The van der Waals surface area contributed by atoms with Gasteiger partial charge in [-0.2, -0.15) is 0 Å². The Labute approximate surface area is 91.7 Å². The molecule has 4 heteroatoms. The fourth-order valence-electron chi connectivity index (χ4n) is 1.65. The molecule has 1 rings (SSSR count). The van der Waals surface area contributed by atoms with Gasteiger partial charge in [0.1, 0.15) is 0 Å². The molecule has 0 bridgehead atoms. The lowest BCUT2D eigenvalue weighted by molar-refractivity contribution is -0.132. The van der Waals surface area contributed by atoms with Gasteiger partial charge < -0.3 is 15.5 Å². The summed E-state index contributed by atoms with van der Waals surface area (Å²) in [5, 5.41) is 0. The summed E-state index contributed by atoms with van der Waals surface area (Å²) in [6.07, 6.45) is 4.60. The summed E-state index contributed by atoms with van der Waals surface area (Å²) < 4.78 is 0. The lowest BCUT2D eigenvalue weighted by atomic mass is 10.1. The van der Waals surface area contributed by atoms with Crippen molar-refractivity contribution in [3.63, 3.8) is 0 Å². The Morgan fingerprint density at radius 2 is 2.00 bits per heavy atom. The lowest BCUT2D eigenvalue weighted by Gasteiger charge is -2.22. The average Bonchev–Trinajstić information content (AvgIpc) is 2.60. The first kappa shape index (κ1) is 12.2. The second-order valence-electron chi connectivity index (χ2n) is 4.45. The number of hydrogen-bond acceptors (Lipinski definition) is 3. The number of nitrogens with zero attached hydrogens (tertiary/aromatic N) is 2. The number of likely N-dealkylation sites (N-methyl/N-ethyl adjacent to an activating group) is 2. The summed E-state index contributed by atoms with van der Waals surface area (Å²) in [5.41, 5.74) is 5.72. The molecule has 0 fully saturated rings. The third-order valence-electron chi connectivity index (χ3n) is 2.69. The van der Waals surface area contributed by atoms with Crippen LogP contribution in [0, 0.1) is 5.92 Å². The molecular weight excluding hydrogens is 190 g/mol. The molecule has 0 aromatic heterocycles. The highest BCUT2D eigenvalue weighted by Crippen LogP contribution is 2.18. The van der Waals surface area contributed by atoms with Gasteiger partial charge in [-0.05, 0) is 20.5 Å². The molecule has 0 saturated heterocycles. The van der Waals surface area contributed by atoms with E-state index in [1.807, 2.05) is 33.3 Å². The van der Waals surface area contributed by atoms with Gasteiger partial charge in [0.2, 0.25) is 5.91 Å². The summed E-state index contributed by atoms with van der Waals surface area (Å²) in [4.78, 5) is 15.8. The van der Waals surface area contributed by atoms with Gasteiger partial charge in [-0.25, -0.2) is 0 Å². The molecule has 0 spiro atoms. The van der Waals surface area contributed by atoms with E-state index in [0.29, 0.717) is 0 Å². The van der Waals surface area contributed by atoms with Crippen LogP contribution in [-0.2, 0) is 4.79 Å². The van der Waals surface area contributed by atoms with Crippen molar-refractivity contribution < 1.29 is 4.79 Å². The van der Waals surface area contributed by atoms with Crippen molar-refractivity contribution in [3.05, 3.63) is 12.2 Å². The van der Waals surface area contributed by atoms with Gasteiger partial charge in [0.05, 0.1) is 5.92 Å². The minimum absolute atomic E-state index is 0.00726. The first-order chi connectivity index (χ1) is 7.00. The Morgan fingerprint density at radius 3 is 2.47 bits per heavy atom. The standard InChI is InChI=1S/C11H21N3O/c1-13(2)6-7-14(3)11(15)9-4-5-10(12)8-9/h4-5,9-10H,6-8,12H2,1-3H3. The van der Waals surface area contributed by atoms with Gasteiger partial charge in [-0.15, -0.1) is 0 Å². The van der Waals surface area contributed by atoms with Crippen molar-refractivity contribution in [1.82, 2.24) is 9.80 Å². The fourth-order valence-corrected chi connectivity index (χ4v) is 1.65. The molecule has 4 nitrogen and oxygen atoms in total. The molecule has 1 aliphatic rings. The van der Waals surface area contributed by atoms with E-state index in [9.17, 15) is 4.79 Å².